The predicted molar refractivity (Wildman–Crippen MR) is 88.6 cm³/mol. The summed E-state index contributed by atoms with van der Waals surface area (Å²) in [6.07, 6.45) is 0. The molecule has 0 radical (unpaired) electrons. The van der Waals surface area contributed by atoms with Crippen LogP contribution in [0.5, 0.6) is 0 Å². The van der Waals surface area contributed by atoms with Gasteiger partial charge in [0.05, 0.1) is 6.04 Å². The van der Waals surface area contributed by atoms with Crippen LogP contribution in [-0.4, -0.2) is 5.91 Å². The number of hydrogen-bond acceptors (Lipinski definition) is 2. The van der Waals surface area contributed by atoms with E-state index in [1.165, 1.54) is 0 Å². The molecular weight excluding hydrogens is 384 g/mol. The molecule has 1 amide bonds. The van der Waals surface area contributed by atoms with Gasteiger partial charge in [0.25, 0.3) is 5.91 Å². The number of benzene rings is 2. The van der Waals surface area contributed by atoms with Crippen molar-refractivity contribution in [1.82, 2.24) is 5.32 Å². The van der Waals surface area contributed by atoms with E-state index in [-0.39, 0.29) is 11.9 Å². The first-order valence-electron chi connectivity index (χ1n) is 6.08. The summed E-state index contributed by atoms with van der Waals surface area (Å²) < 4.78 is 1.76. The fourth-order valence-electron chi connectivity index (χ4n) is 1.93. The summed E-state index contributed by atoms with van der Waals surface area (Å²) in [5.74, 6) is -0.152. The lowest BCUT2D eigenvalue weighted by Gasteiger charge is -2.16. The zero-order chi connectivity index (χ0) is 14.7. The highest BCUT2D eigenvalue weighted by molar-refractivity contribution is 9.10. The van der Waals surface area contributed by atoms with E-state index in [0.29, 0.717) is 11.3 Å². The molecule has 0 bridgehead atoms. The number of hydrogen-bond donors (Lipinski definition) is 2. The maximum absolute atomic E-state index is 12.2. The number of halogens is 2. The first-order chi connectivity index (χ1) is 9.47. The molecule has 3 nitrogen and oxygen atoms in total. The third kappa shape index (κ3) is 3.61. The molecular formula is C15H14Br2N2O. The first kappa shape index (κ1) is 15.1. The minimum absolute atomic E-state index is 0.0988. The molecule has 0 spiro atoms. The highest BCUT2D eigenvalue weighted by atomic mass is 79.9. The molecule has 0 saturated carbocycles. The highest BCUT2D eigenvalue weighted by Gasteiger charge is 2.14. The average molecular weight is 398 g/mol. The van der Waals surface area contributed by atoms with E-state index in [9.17, 15) is 4.79 Å². The Balaban J connectivity index is 2.17. The third-order valence-corrected chi connectivity index (χ3v) is 4.08. The summed E-state index contributed by atoms with van der Waals surface area (Å²) in [6, 6.07) is 12.9. The van der Waals surface area contributed by atoms with Crippen molar-refractivity contribution in [3.63, 3.8) is 0 Å². The number of amides is 1. The van der Waals surface area contributed by atoms with Gasteiger partial charge in [-0.05, 0) is 36.8 Å². The van der Waals surface area contributed by atoms with E-state index in [1.807, 2.05) is 31.2 Å². The second-order valence-electron chi connectivity index (χ2n) is 4.49. The van der Waals surface area contributed by atoms with Gasteiger partial charge >= 0.3 is 0 Å². The molecule has 2 rings (SSSR count). The maximum Gasteiger partial charge on any atom is 0.251 e. The van der Waals surface area contributed by atoms with Gasteiger partial charge in [0.1, 0.15) is 0 Å². The van der Waals surface area contributed by atoms with Crippen molar-refractivity contribution in [2.75, 3.05) is 5.73 Å². The van der Waals surface area contributed by atoms with Gasteiger partial charge in [-0.1, -0.05) is 50.1 Å². The standard InChI is InChI=1S/C15H14Br2N2O/c1-9(13-4-2-3-5-14(13)17)19-15(20)10-6-11(16)8-12(18)7-10/h2-9H,18H2,1H3,(H,19,20). The Hall–Kier alpha value is -1.33. The number of nitrogen functional groups attached to an aromatic ring is 1. The van der Waals surface area contributed by atoms with E-state index in [0.717, 1.165) is 14.5 Å². The molecule has 5 heteroatoms. The van der Waals surface area contributed by atoms with Gasteiger partial charge in [0, 0.05) is 20.2 Å². The van der Waals surface area contributed by atoms with Crippen LogP contribution < -0.4 is 11.1 Å². The molecule has 20 heavy (non-hydrogen) atoms. The molecule has 0 aliphatic rings. The molecule has 0 heterocycles. The Labute approximate surface area is 134 Å². The molecule has 2 aromatic rings. The second kappa shape index (κ2) is 6.41. The second-order valence-corrected chi connectivity index (χ2v) is 6.26. The van der Waals surface area contributed by atoms with Gasteiger partial charge in [-0.3, -0.25) is 4.79 Å². The SMILES string of the molecule is CC(NC(=O)c1cc(N)cc(Br)c1)c1ccccc1Br. The fraction of sp³-hybridized carbons (Fsp3) is 0.133. The molecule has 0 saturated heterocycles. The van der Waals surface area contributed by atoms with Gasteiger partial charge < -0.3 is 11.1 Å². The fourth-order valence-corrected chi connectivity index (χ4v) is 3.07. The zero-order valence-corrected chi connectivity index (χ0v) is 14.0. The van der Waals surface area contributed by atoms with Gasteiger partial charge in [-0.15, -0.1) is 0 Å². The first-order valence-corrected chi connectivity index (χ1v) is 7.67. The van der Waals surface area contributed by atoms with Crippen LogP contribution >= 0.6 is 31.9 Å². The van der Waals surface area contributed by atoms with Crippen molar-refractivity contribution >= 4 is 43.5 Å². The Kier molecular flexibility index (Phi) is 4.83. The summed E-state index contributed by atoms with van der Waals surface area (Å²) in [4.78, 5) is 12.2. The van der Waals surface area contributed by atoms with Crippen LogP contribution in [0.25, 0.3) is 0 Å². The smallest absolute Gasteiger partial charge is 0.251 e. The summed E-state index contributed by atoms with van der Waals surface area (Å²) in [7, 11) is 0. The van der Waals surface area contributed by atoms with Crippen LogP contribution in [0.1, 0.15) is 28.9 Å². The van der Waals surface area contributed by atoms with Crippen LogP contribution in [0.4, 0.5) is 5.69 Å². The lowest BCUT2D eigenvalue weighted by molar-refractivity contribution is 0.0939. The van der Waals surface area contributed by atoms with E-state index in [4.69, 9.17) is 5.73 Å². The van der Waals surface area contributed by atoms with Crippen LogP contribution in [0.3, 0.4) is 0 Å². The quantitative estimate of drug-likeness (QED) is 0.759. The van der Waals surface area contributed by atoms with Crippen molar-refractivity contribution < 1.29 is 4.79 Å². The number of anilines is 1. The van der Waals surface area contributed by atoms with Gasteiger partial charge in [0.2, 0.25) is 0 Å². The Morgan fingerprint density at radius 1 is 1.20 bits per heavy atom. The largest absolute Gasteiger partial charge is 0.399 e. The molecule has 1 unspecified atom stereocenters. The lowest BCUT2D eigenvalue weighted by Crippen LogP contribution is -2.27. The Bertz CT molecular complexity index is 623. The molecule has 0 fully saturated rings. The van der Waals surface area contributed by atoms with Gasteiger partial charge in [-0.25, -0.2) is 0 Å². The number of nitrogens with one attached hydrogen (secondary N) is 1. The van der Waals surface area contributed by atoms with Crippen molar-refractivity contribution in [2.24, 2.45) is 0 Å². The molecule has 0 aliphatic carbocycles. The van der Waals surface area contributed by atoms with E-state index < -0.39 is 0 Å². The minimum Gasteiger partial charge on any atom is -0.399 e. The van der Waals surface area contributed by atoms with Gasteiger partial charge in [0.15, 0.2) is 0 Å². The predicted octanol–water partition coefficient (Wildman–Crippen LogP) is 4.28. The normalized spacial score (nSPS) is 11.9. The highest BCUT2D eigenvalue weighted by Crippen LogP contribution is 2.23. The summed E-state index contributed by atoms with van der Waals surface area (Å²) in [5.41, 5.74) is 7.87. The monoisotopic (exact) mass is 396 g/mol. The zero-order valence-electron chi connectivity index (χ0n) is 10.9. The topological polar surface area (TPSA) is 55.1 Å². The van der Waals surface area contributed by atoms with Crippen molar-refractivity contribution in [1.29, 1.82) is 0 Å². The summed E-state index contributed by atoms with van der Waals surface area (Å²) in [6.45, 7) is 1.94. The lowest BCUT2D eigenvalue weighted by atomic mass is 10.1. The van der Waals surface area contributed by atoms with Crippen LogP contribution in [0.15, 0.2) is 51.4 Å². The molecule has 104 valence electrons. The van der Waals surface area contributed by atoms with Crippen molar-refractivity contribution in [3.8, 4) is 0 Å². The summed E-state index contributed by atoms with van der Waals surface area (Å²) in [5, 5.41) is 2.96. The number of nitrogens with two attached hydrogens (primary N) is 1. The summed E-state index contributed by atoms with van der Waals surface area (Å²) >= 11 is 6.82. The molecule has 3 N–H and O–H groups in total. The molecule has 0 aliphatic heterocycles. The van der Waals surface area contributed by atoms with E-state index in [2.05, 4.69) is 37.2 Å². The van der Waals surface area contributed by atoms with Crippen molar-refractivity contribution in [3.05, 3.63) is 62.5 Å². The molecule has 0 aromatic heterocycles. The number of carbonyl (C=O) groups excluding carboxylic acids is 1. The maximum atomic E-state index is 12.2. The van der Waals surface area contributed by atoms with Crippen LogP contribution in [0.2, 0.25) is 0 Å². The average Bonchev–Trinajstić information content (AvgIpc) is 2.37. The van der Waals surface area contributed by atoms with Gasteiger partial charge in [-0.2, -0.15) is 0 Å². The van der Waals surface area contributed by atoms with E-state index >= 15 is 0 Å². The van der Waals surface area contributed by atoms with Crippen LogP contribution in [-0.2, 0) is 0 Å². The van der Waals surface area contributed by atoms with Crippen LogP contribution in [0, 0.1) is 0 Å². The Morgan fingerprint density at radius 3 is 2.55 bits per heavy atom. The number of rotatable bonds is 3. The molecule has 1 atom stereocenters. The minimum atomic E-state index is -0.152. The molecule has 2 aromatic carbocycles. The number of carbonyl (C=O) groups is 1. The third-order valence-electron chi connectivity index (χ3n) is 2.90. The van der Waals surface area contributed by atoms with Crippen molar-refractivity contribution in [2.45, 2.75) is 13.0 Å². The Morgan fingerprint density at radius 2 is 1.90 bits per heavy atom. The van der Waals surface area contributed by atoms with E-state index in [1.54, 1.807) is 18.2 Å².